The van der Waals surface area contributed by atoms with Crippen LogP contribution in [0.2, 0.25) is 0 Å². The number of alkyl halides is 3. The molecule has 1 aromatic carbocycles. The molecule has 1 aliphatic heterocycles. The third-order valence-corrected chi connectivity index (χ3v) is 3.48. The van der Waals surface area contributed by atoms with Gasteiger partial charge in [-0.25, -0.2) is 0 Å². The number of anilines is 3. The number of nitrogens with two attached hydrogens (primary N) is 2. The Morgan fingerprint density at radius 1 is 1.25 bits per heavy atom. The van der Waals surface area contributed by atoms with Crippen LogP contribution in [0.3, 0.4) is 0 Å². The highest BCUT2D eigenvalue weighted by molar-refractivity contribution is 5.59. The molecule has 24 heavy (non-hydrogen) atoms. The molecule has 0 saturated heterocycles. The van der Waals surface area contributed by atoms with Gasteiger partial charge in [-0.1, -0.05) is 12.1 Å². The van der Waals surface area contributed by atoms with Gasteiger partial charge in [0, 0.05) is 0 Å². The second kappa shape index (κ2) is 6.13. The van der Waals surface area contributed by atoms with E-state index in [4.69, 9.17) is 16.3 Å². The minimum absolute atomic E-state index is 0.00331. The largest absolute Gasteiger partial charge is 0.416 e. The number of hydrogen-bond acceptors (Lipinski definition) is 7. The summed E-state index contributed by atoms with van der Waals surface area (Å²) in [7, 11) is 0. The molecule has 0 spiro atoms. The van der Waals surface area contributed by atoms with Gasteiger partial charge < -0.3 is 16.8 Å². The maximum absolute atomic E-state index is 12.7. The second-order valence-corrected chi connectivity index (χ2v) is 5.24. The molecule has 0 radical (unpaired) electrons. The van der Waals surface area contributed by atoms with E-state index in [1.54, 1.807) is 6.07 Å². The first kappa shape index (κ1) is 16.3. The zero-order valence-corrected chi connectivity index (χ0v) is 12.5. The van der Waals surface area contributed by atoms with E-state index in [0.29, 0.717) is 30.2 Å². The van der Waals surface area contributed by atoms with Crippen molar-refractivity contribution in [1.29, 1.82) is 0 Å². The maximum Gasteiger partial charge on any atom is 0.416 e. The van der Waals surface area contributed by atoms with Crippen LogP contribution in [0.15, 0.2) is 24.3 Å². The fourth-order valence-corrected chi connectivity index (χ4v) is 2.31. The normalized spacial score (nSPS) is 15.0. The molecule has 7 nitrogen and oxygen atoms in total. The number of nitrogens with zero attached hydrogens (tertiary/aromatic N) is 3. The highest BCUT2D eigenvalue weighted by Gasteiger charge is 2.30. The fraction of sp³-hybridized carbons (Fsp3) is 0.286. The minimum atomic E-state index is -4.38. The van der Waals surface area contributed by atoms with Crippen LogP contribution in [0.4, 0.5) is 30.8 Å². The molecular weight excluding hydrogens is 325 g/mol. The van der Waals surface area contributed by atoms with Crippen LogP contribution in [0.1, 0.15) is 16.7 Å². The van der Waals surface area contributed by atoms with Crippen molar-refractivity contribution in [2.45, 2.75) is 19.3 Å². The van der Waals surface area contributed by atoms with Gasteiger partial charge in [0.2, 0.25) is 5.95 Å². The van der Waals surface area contributed by atoms with Crippen LogP contribution < -0.4 is 16.8 Å². The Hall–Kier alpha value is -2.59. The van der Waals surface area contributed by atoms with Crippen LogP contribution >= 0.6 is 0 Å². The second-order valence-electron chi connectivity index (χ2n) is 5.24. The summed E-state index contributed by atoms with van der Waals surface area (Å²) < 4.78 is 38.1. The minimum Gasteiger partial charge on any atom is -0.383 e. The van der Waals surface area contributed by atoms with Crippen molar-refractivity contribution in [3.05, 3.63) is 41.0 Å². The molecule has 2 aromatic rings. The van der Waals surface area contributed by atoms with E-state index in [2.05, 4.69) is 15.3 Å². The number of aromatic nitrogens is 2. The Kier molecular flexibility index (Phi) is 4.16. The summed E-state index contributed by atoms with van der Waals surface area (Å²) in [4.78, 5) is 13.4. The average molecular weight is 340 g/mol. The summed E-state index contributed by atoms with van der Waals surface area (Å²) in [6.07, 6.45) is -4.38. The summed E-state index contributed by atoms with van der Waals surface area (Å²) >= 11 is 0. The van der Waals surface area contributed by atoms with Gasteiger partial charge in [-0.2, -0.15) is 28.2 Å². The molecule has 0 saturated carbocycles. The Labute approximate surface area is 135 Å². The van der Waals surface area contributed by atoms with Crippen LogP contribution in [0.5, 0.6) is 0 Å². The van der Waals surface area contributed by atoms with Crippen molar-refractivity contribution >= 4 is 17.6 Å². The third kappa shape index (κ3) is 3.49. The van der Waals surface area contributed by atoms with Gasteiger partial charge in [-0.15, -0.1) is 0 Å². The first-order valence-corrected chi connectivity index (χ1v) is 7.02. The topological polar surface area (TPSA) is 102 Å². The number of benzene rings is 1. The monoisotopic (exact) mass is 340 g/mol. The zero-order valence-electron chi connectivity index (χ0n) is 12.5. The lowest BCUT2D eigenvalue weighted by molar-refractivity contribution is -0.174. The number of rotatable bonds is 3. The van der Waals surface area contributed by atoms with Crippen molar-refractivity contribution in [2.24, 2.45) is 0 Å². The molecule has 3 rings (SSSR count). The first-order valence-electron chi connectivity index (χ1n) is 7.02. The molecule has 5 N–H and O–H groups in total. The molecular formula is C14H15F3N6O. The summed E-state index contributed by atoms with van der Waals surface area (Å²) in [6, 6.07) is 4.99. The average Bonchev–Trinajstić information content (AvgIpc) is 2.52. The van der Waals surface area contributed by atoms with Gasteiger partial charge in [0.15, 0.2) is 0 Å². The van der Waals surface area contributed by atoms with Gasteiger partial charge in [0.1, 0.15) is 11.6 Å². The quantitative estimate of drug-likeness (QED) is 0.785. The molecule has 1 aliphatic rings. The number of nitrogens with one attached hydrogen (secondary N) is 1. The van der Waals surface area contributed by atoms with Crippen molar-refractivity contribution in [3.8, 4) is 0 Å². The zero-order chi connectivity index (χ0) is 17.3. The Morgan fingerprint density at radius 2 is 2.04 bits per heavy atom. The molecule has 0 atom stereocenters. The number of nitrogen functional groups attached to an aromatic ring is 2. The lowest BCUT2D eigenvalue weighted by Gasteiger charge is -2.28. The van der Waals surface area contributed by atoms with Gasteiger partial charge in [-0.3, -0.25) is 4.84 Å². The Balaban J connectivity index is 1.66. The highest BCUT2D eigenvalue weighted by Crippen LogP contribution is 2.30. The number of fused-ring (bicyclic) bond motifs is 1. The van der Waals surface area contributed by atoms with Crippen LogP contribution in [-0.2, 0) is 24.2 Å². The molecule has 0 bridgehead atoms. The lowest BCUT2D eigenvalue weighted by Crippen LogP contribution is -2.35. The highest BCUT2D eigenvalue weighted by atomic mass is 19.4. The van der Waals surface area contributed by atoms with Gasteiger partial charge in [0.05, 0.1) is 30.9 Å². The first-order chi connectivity index (χ1) is 11.3. The van der Waals surface area contributed by atoms with E-state index in [-0.39, 0.29) is 18.4 Å². The van der Waals surface area contributed by atoms with E-state index in [1.807, 2.05) is 0 Å². The molecule has 1 aromatic heterocycles. The number of halogens is 3. The molecule has 0 unspecified atom stereocenters. The maximum atomic E-state index is 12.7. The number of hydrogen-bond donors (Lipinski definition) is 3. The summed E-state index contributed by atoms with van der Waals surface area (Å²) in [6.45, 7) is 0.589. The van der Waals surface area contributed by atoms with E-state index in [0.717, 1.165) is 12.1 Å². The molecule has 0 aliphatic carbocycles. The molecule has 128 valence electrons. The molecule has 10 heteroatoms. The SMILES string of the molecule is Nc1nc(N)c2c(n1)NCN(OCc1cccc(C(F)(F)F)c1)C2. The summed E-state index contributed by atoms with van der Waals surface area (Å²) in [5.74, 6) is 0.827. The van der Waals surface area contributed by atoms with Gasteiger partial charge in [0.25, 0.3) is 0 Å². The van der Waals surface area contributed by atoms with Gasteiger partial charge in [-0.05, 0) is 17.7 Å². The van der Waals surface area contributed by atoms with Crippen LogP contribution in [0.25, 0.3) is 0 Å². The molecule has 0 fully saturated rings. The third-order valence-electron chi connectivity index (χ3n) is 3.48. The van der Waals surface area contributed by atoms with E-state index in [9.17, 15) is 13.2 Å². The van der Waals surface area contributed by atoms with Crippen LogP contribution in [-0.4, -0.2) is 21.7 Å². The molecule has 2 heterocycles. The van der Waals surface area contributed by atoms with E-state index in [1.165, 1.54) is 11.1 Å². The predicted octanol–water partition coefficient (Wildman–Crippen LogP) is 1.98. The number of hydroxylamine groups is 2. The van der Waals surface area contributed by atoms with Crippen molar-refractivity contribution in [3.63, 3.8) is 0 Å². The lowest BCUT2D eigenvalue weighted by atomic mass is 10.1. The molecule has 0 amide bonds. The fourth-order valence-electron chi connectivity index (χ4n) is 2.31. The Morgan fingerprint density at radius 3 is 2.79 bits per heavy atom. The standard InChI is InChI=1S/C14H15F3N6O/c15-14(16,17)9-3-1-2-8(4-9)6-24-23-5-10-11(18)21-13(19)22-12(10)20-7-23/h1-4H,5-7H2,(H5,18,19,20,21,22). The van der Waals surface area contributed by atoms with Crippen molar-refractivity contribution in [2.75, 3.05) is 23.5 Å². The summed E-state index contributed by atoms with van der Waals surface area (Å²) in [5, 5.41) is 4.50. The van der Waals surface area contributed by atoms with Crippen LogP contribution in [0, 0.1) is 0 Å². The Bertz CT molecular complexity index is 752. The van der Waals surface area contributed by atoms with Crippen molar-refractivity contribution in [1.82, 2.24) is 15.0 Å². The van der Waals surface area contributed by atoms with E-state index < -0.39 is 11.7 Å². The van der Waals surface area contributed by atoms with Crippen molar-refractivity contribution < 1.29 is 18.0 Å². The predicted molar refractivity (Wildman–Crippen MR) is 81.1 cm³/mol. The smallest absolute Gasteiger partial charge is 0.383 e. The van der Waals surface area contributed by atoms with E-state index >= 15 is 0 Å². The summed E-state index contributed by atoms with van der Waals surface area (Å²) in [5.41, 5.74) is 11.7. The van der Waals surface area contributed by atoms with Gasteiger partial charge >= 0.3 is 6.18 Å².